The second-order valence-corrected chi connectivity index (χ2v) is 5.73. The van der Waals surface area contributed by atoms with Gasteiger partial charge in [0.15, 0.2) is 0 Å². The zero-order chi connectivity index (χ0) is 14.1. The van der Waals surface area contributed by atoms with Crippen LogP contribution in [0.2, 0.25) is 0 Å². The normalized spacial score (nSPS) is 15.9. The average molecular weight is 341 g/mol. The van der Waals surface area contributed by atoms with Gasteiger partial charge >= 0.3 is 5.69 Å². The fraction of sp³-hybridized carbons (Fsp3) is 0.385. The molecule has 1 aliphatic rings. The first-order chi connectivity index (χ1) is 9.63. The number of H-pyrrole nitrogens is 1. The second-order valence-electron chi connectivity index (χ2n) is 4.87. The largest absolute Gasteiger partial charge is 0.343 e. The molecule has 1 aromatic carbocycles. The Morgan fingerprint density at radius 3 is 3.00 bits per heavy atom. The molecule has 0 unspecified atom stereocenters. The molecule has 1 aromatic heterocycles. The molecule has 1 N–H and O–H groups in total. The predicted octanol–water partition coefficient (Wildman–Crippen LogP) is 1.53. The minimum Gasteiger partial charge on any atom is -0.297 e. The maximum atomic E-state index is 13.2. The Hall–Kier alpha value is -1.47. The molecule has 0 aliphatic carbocycles. The molecule has 0 amide bonds. The van der Waals surface area contributed by atoms with Crippen LogP contribution >= 0.6 is 15.9 Å². The summed E-state index contributed by atoms with van der Waals surface area (Å²) >= 11 is 3.20. The molecule has 3 rings (SSSR count). The van der Waals surface area contributed by atoms with Gasteiger partial charge in [-0.25, -0.2) is 14.3 Å². The van der Waals surface area contributed by atoms with E-state index in [0.717, 1.165) is 37.4 Å². The first kappa shape index (κ1) is 13.5. The van der Waals surface area contributed by atoms with E-state index in [0.29, 0.717) is 11.0 Å². The quantitative estimate of drug-likeness (QED) is 0.901. The predicted molar refractivity (Wildman–Crippen MR) is 75.9 cm³/mol. The molecule has 1 aliphatic heterocycles. The lowest BCUT2D eigenvalue weighted by Gasteiger charge is -2.19. The average Bonchev–Trinajstić information content (AvgIpc) is 2.66. The first-order valence-corrected chi connectivity index (χ1v) is 7.23. The summed E-state index contributed by atoms with van der Waals surface area (Å²) in [6.45, 7) is 2.98. The van der Waals surface area contributed by atoms with Crippen molar-refractivity contribution in [3.05, 3.63) is 50.4 Å². The minimum absolute atomic E-state index is 0.147. The zero-order valence-electron chi connectivity index (χ0n) is 10.8. The van der Waals surface area contributed by atoms with Crippen molar-refractivity contribution in [3.63, 3.8) is 0 Å². The molecule has 2 aromatic rings. The standard InChI is InChI=1S/C13H14BrFN4O/c14-10-7-9(1-2-11(10)15)8-18-4-3-12-16-17-13(20)19(12)6-5-18/h1-2,7H,3-6,8H2,(H,17,20). The van der Waals surface area contributed by atoms with Gasteiger partial charge in [0.25, 0.3) is 0 Å². The van der Waals surface area contributed by atoms with Gasteiger partial charge in [0, 0.05) is 32.6 Å². The number of nitrogens with one attached hydrogen (secondary N) is 1. The third-order valence-corrected chi connectivity index (χ3v) is 4.13. The topological polar surface area (TPSA) is 53.9 Å². The Bertz CT molecular complexity index is 681. The summed E-state index contributed by atoms with van der Waals surface area (Å²) in [4.78, 5) is 13.8. The van der Waals surface area contributed by atoms with E-state index in [1.807, 2.05) is 0 Å². The molecule has 0 fully saturated rings. The van der Waals surface area contributed by atoms with Crippen molar-refractivity contribution in [1.29, 1.82) is 0 Å². The van der Waals surface area contributed by atoms with E-state index in [-0.39, 0.29) is 11.5 Å². The van der Waals surface area contributed by atoms with Gasteiger partial charge in [0.2, 0.25) is 0 Å². The fourth-order valence-electron chi connectivity index (χ4n) is 2.44. The molecule has 7 heteroatoms. The van der Waals surface area contributed by atoms with Gasteiger partial charge in [-0.2, -0.15) is 5.10 Å². The minimum atomic E-state index is -0.253. The summed E-state index contributed by atoms with van der Waals surface area (Å²) in [6.07, 6.45) is 0.737. The maximum absolute atomic E-state index is 13.2. The van der Waals surface area contributed by atoms with Gasteiger partial charge in [-0.3, -0.25) is 9.47 Å². The SMILES string of the molecule is O=c1[nH]nc2n1CCN(Cc1ccc(F)c(Br)c1)CC2. The molecule has 5 nitrogen and oxygen atoms in total. The van der Waals surface area contributed by atoms with Crippen molar-refractivity contribution in [2.24, 2.45) is 0 Å². The summed E-state index contributed by atoms with van der Waals surface area (Å²) in [5, 5.41) is 6.50. The number of hydrogen-bond acceptors (Lipinski definition) is 3. The van der Waals surface area contributed by atoms with Gasteiger partial charge in [-0.15, -0.1) is 0 Å². The van der Waals surface area contributed by atoms with Crippen LogP contribution in [0.5, 0.6) is 0 Å². The number of rotatable bonds is 2. The molecule has 106 valence electrons. The molecule has 0 bridgehead atoms. The Morgan fingerprint density at radius 2 is 2.20 bits per heavy atom. The van der Waals surface area contributed by atoms with Crippen LogP contribution in [-0.2, 0) is 19.5 Å². The van der Waals surface area contributed by atoms with Crippen molar-refractivity contribution < 1.29 is 4.39 Å². The lowest BCUT2D eigenvalue weighted by Crippen LogP contribution is -2.28. The Morgan fingerprint density at radius 1 is 1.35 bits per heavy atom. The Balaban J connectivity index is 1.71. The molecule has 2 heterocycles. The molecule has 0 saturated carbocycles. The van der Waals surface area contributed by atoms with Crippen molar-refractivity contribution in [1.82, 2.24) is 19.7 Å². The van der Waals surface area contributed by atoms with Crippen molar-refractivity contribution in [3.8, 4) is 0 Å². The monoisotopic (exact) mass is 340 g/mol. The maximum Gasteiger partial charge on any atom is 0.343 e. The smallest absolute Gasteiger partial charge is 0.297 e. The highest BCUT2D eigenvalue weighted by Gasteiger charge is 2.17. The summed E-state index contributed by atoms with van der Waals surface area (Å²) in [5.74, 6) is 0.550. The highest BCUT2D eigenvalue weighted by atomic mass is 79.9. The third-order valence-electron chi connectivity index (χ3n) is 3.52. The van der Waals surface area contributed by atoms with Crippen LogP contribution in [-0.4, -0.2) is 32.8 Å². The van der Waals surface area contributed by atoms with E-state index in [2.05, 4.69) is 31.0 Å². The Labute approximate surface area is 123 Å². The molecule has 0 saturated heterocycles. The number of hydrogen-bond donors (Lipinski definition) is 1. The summed E-state index contributed by atoms with van der Waals surface area (Å²) in [7, 11) is 0. The van der Waals surface area contributed by atoms with Gasteiger partial charge in [0.1, 0.15) is 11.6 Å². The van der Waals surface area contributed by atoms with Gasteiger partial charge < -0.3 is 0 Å². The van der Waals surface area contributed by atoms with E-state index < -0.39 is 0 Å². The highest BCUT2D eigenvalue weighted by molar-refractivity contribution is 9.10. The molecular weight excluding hydrogens is 327 g/mol. The second kappa shape index (κ2) is 5.49. The number of benzene rings is 1. The van der Waals surface area contributed by atoms with Crippen LogP contribution in [0.25, 0.3) is 0 Å². The van der Waals surface area contributed by atoms with Crippen LogP contribution < -0.4 is 5.69 Å². The van der Waals surface area contributed by atoms with Crippen LogP contribution in [0.15, 0.2) is 27.5 Å². The highest BCUT2D eigenvalue weighted by Crippen LogP contribution is 2.18. The third kappa shape index (κ3) is 2.69. The van der Waals surface area contributed by atoms with E-state index >= 15 is 0 Å². The molecule has 0 radical (unpaired) electrons. The van der Waals surface area contributed by atoms with Gasteiger partial charge in [-0.05, 0) is 33.6 Å². The van der Waals surface area contributed by atoms with Crippen molar-refractivity contribution in [2.75, 3.05) is 13.1 Å². The molecule has 0 spiro atoms. The Kier molecular flexibility index (Phi) is 3.71. The van der Waals surface area contributed by atoms with Crippen LogP contribution in [0, 0.1) is 5.82 Å². The lowest BCUT2D eigenvalue weighted by atomic mass is 10.2. The number of nitrogens with zero attached hydrogens (tertiary/aromatic N) is 3. The lowest BCUT2D eigenvalue weighted by molar-refractivity contribution is 0.270. The van der Waals surface area contributed by atoms with Crippen LogP contribution in [0.3, 0.4) is 0 Å². The van der Waals surface area contributed by atoms with E-state index in [4.69, 9.17) is 0 Å². The number of halogens is 2. The van der Waals surface area contributed by atoms with Crippen molar-refractivity contribution in [2.45, 2.75) is 19.5 Å². The van der Waals surface area contributed by atoms with E-state index in [1.165, 1.54) is 6.07 Å². The first-order valence-electron chi connectivity index (χ1n) is 6.44. The van der Waals surface area contributed by atoms with E-state index in [1.54, 1.807) is 16.7 Å². The number of aromatic nitrogens is 3. The van der Waals surface area contributed by atoms with E-state index in [9.17, 15) is 9.18 Å². The number of fused-ring (bicyclic) bond motifs is 1. The summed E-state index contributed by atoms with van der Waals surface area (Å²) in [6, 6.07) is 5.05. The molecule has 0 atom stereocenters. The van der Waals surface area contributed by atoms with Gasteiger partial charge in [-0.1, -0.05) is 6.07 Å². The molecule has 20 heavy (non-hydrogen) atoms. The summed E-state index contributed by atoms with van der Waals surface area (Å²) < 4.78 is 15.4. The number of aromatic amines is 1. The van der Waals surface area contributed by atoms with Crippen LogP contribution in [0.4, 0.5) is 4.39 Å². The fourth-order valence-corrected chi connectivity index (χ4v) is 2.86. The molecular formula is C13H14BrFN4O. The van der Waals surface area contributed by atoms with Crippen LogP contribution in [0.1, 0.15) is 11.4 Å². The zero-order valence-corrected chi connectivity index (χ0v) is 12.4. The summed E-state index contributed by atoms with van der Waals surface area (Å²) in [5.41, 5.74) is 0.901. The van der Waals surface area contributed by atoms with Gasteiger partial charge in [0.05, 0.1) is 4.47 Å². The van der Waals surface area contributed by atoms with Crippen molar-refractivity contribution >= 4 is 15.9 Å².